The van der Waals surface area contributed by atoms with Crippen LogP contribution in [0, 0.1) is 5.92 Å². The van der Waals surface area contributed by atoms with E-state index in [4.69, 9.17) is 18.9 Å². The van der Waals surface area contributed by atoms with Crippen molar-refractivity contribution in [1.82, 2.24) is 0 Å². The van der Waals surface area contributed by atoms with E-state index >= 15 is 0 Å². The quantitative estimate of drug-likeness (QED) is 0.559. The van der Waals surface area contributed by atoms with Gasteiger partial charge in [0.15, 0.2) is 13.1 Å². The molecule has 0 bridgehead atoms. The minimum Gasteiger partial charge on any atom is -0.370 e. The maximum Gasteiger partial charge on any atom is 0.187 e. The summed E-state index contributed by atoms with van der Waals surface area (Å²) in [7, 11) is 0. The first-order chi connectivity index (χ1) is 6.22. The van der Waals surface area contributed by atoms with Crippen molar-refractivity contribution in [3.05, 3.63) is 0 Å². The summed E-state index contributed by atoms with van der Waals surface area (Å²) in [5.74, 6) is 0.340. The van der Waals surface area contributed by atoms with Gasteiger partial charge in [-0.1, -0.05) is 6.92 Å². The van der Waals surface area contributed by atoms with Gasteiger partial charge in [-0.2, -0.15) is 0 Å². The lowest BCUT2D eigenvalue weighted by Gasteiger charge is -2.27. The standard InChI is InChI=1S/C9H14O4/c1-5-7-8(12-4-11-7)13-9(5,2)6-3-10-6/h5-8H,3-4H2,1-2H3. The number of hydrogen-bond donors (Lipinski definition) is 0. The number of epoxide rings is 1. The van der Waals surface area contributed by atoms with Crippen LogP contribution >= 0.6 is 0 Å². The minimum absolute atomic E-state index is 0.0919. The molecule has 3 aliphatic heterocycles. The summed E-state index contributed by atoms with van der Waals surface area (Å²) in [6, 6.07) is 0. The maximum absolute atomic E-state index is 5.84. The van der Waals surface area contributed by atoms with E-state index in [1.807, 2.05) is 0 Å². The fourth-order valence-corrected chi connectivity index (χ4v) is 2.27. The van der Waals surface area contributed by atoms with Gasteiger partial charge >= 0.3 is 0 Å². The second-order valence-corrected chi connectivity index (χ2v) is 4.20. The average molecular weight is 186 g/mol. The first-order valence-electron chi connectivity index (χ1n) is 4.74. The number of rotatable bonds is 1. The van der Waals surface area contributed by atoms with Crippen LogP contribution in [-0.4, -0.2) is 37.5 Å². The summed E-state index contributed by atoms with van der Waals surface area (Å²) in [6.45, 7) is 5.39. The summed E-state index contributed by atoms with van der Waals surface area (Å²) >= 11 is 0. The number of ether oxygens (including phenoxy) is 4. The molecule has 3 heterocycles. The van der Waals surface area contributed by atoms with Crippen molar-refractivity contribution in [3.8, 4) is 0 Å². The molecule has 0 aromatic heterocycles. The van der Waals surface area contributed by atoms with E-state index in [0.29, 0.717) is 12.7 Å². The van der Waals surface area contributed by atoms with Gasteiger partial charge < -0.3 is 18.9 Å². The lowest BCUT2D eigenvalue weighted by molar-refractivity contribution is -0.164. The van der Waals surface area contributed by atoms with Crippen LogP contribution in [0.2, 0.25) is 0 Å². The third-order valence-electron chi connectivity index (χ3n) is 3.50. The largest absolute Gasteiger partial charge is 0.370 e. The Bertz CT molecular complexity index is 228. The van der Waals surface area contributed by atoms with Crippen molar-refractivity contribution in [2.75, 3.05) is 13.4 Å². The Hall–Kier alpha value is -0.160. The maximum atomic E-state index is 5.84. The van der Waals surface area contributed by atoms with Gasteiger partial charge in [-0.15, -0.1) is 0 Å². The van der Waals surface area contributed by atoms with Crippen LogP contribution in [0.5, 0.6) is 0 Å². The Morgan fingerprint density at radius 3 is 2.62 bits per heavy atom. The third kappa shape index (κ3) is 1.00. The van der Waals surface area contributed by atoms with Crippen LogP contribution < -0.4 is 0 Å². The topological polar surface area (TPSA) is 40.2 Å². The van der Waals surface area contributed by atoms with Crippen molar-refractivity contribution in [2.24, 2.45) is 5.92 Å². The van der Waals surface area contributed by atoms with E-state index in [2.05, 4.69) is 13.8 Å². The van der Waals surface area contributed by atoms with Crippen LogP contribution in [0.3, 0.4) is 0 Å². The lowest BCUT2D eigenvalue weighted by atomic mass is 9.86. The highest BCUT2D eigenvalue weighted by Crippen LogP contribution is 2.46. The van der Waals surface area contributed by atoms with Crippen molar-refractivity contribution in [3.63, 3.8) is 0 Å². The Kier molecular flexibility index (Phi) is 1.54. The smallest absolute Gasteiger partial charge is 0.187 e. The minimum atomic E-state index is -0.213. The SMILES string of the molecule is CC1C2OCOC2OC1(C)C1CO1. The zero-order valence-electron chi connectivity index (χ0n) is 7.86. The lowest BCUT2D eigenvalue weighted by Crippen LogP contribution is -2.39. The average Bonchev–Trinajstić information content (AvgIpc) is 2.82. The van der Waals surface area contributed by atoms with Gasteiger partial charge in [0.25, 0.3) is 0 Å². The Labute approximate surface area is 77.1 Å². The molecule has 3 aliphatic rings. The van der Waals surface area contributed by atoms with Crippen molar-refractivity contribution >= 4 is 0 Å². The molecule has 0 aromatic carbocycles. The molecule has 3 saturated heterocycles. The molecule has 0 radical (unpaired) electrons. The van der Waals surface area contributed by atoms with E-state index in [1.54, 1.807) is 0 Å². The van der Waals surface area contributed by atoms with Gasteiger partial charge in [-0.25, -0.2) is 0 Å². The van der Waals surface area contributed by atoms with Crippen LogP contribution in [0.4, 0.5) is 0 Å². The van der Waals surface area contributed by atoms with Crippen LogP contribution in [0.25, 0.3) is 0 Å². The monoisotopic (exact) mass is 186 g/mol. The summed E-state index contributed by atoms with van der Waals surface area (Å²) in [5.41, 5.74) is -0.213. The molecular weight excluding hydrogens is 172 g/mol. The molecular formula is C9H14O4. The van der Waals surface area contributed by atoms with Gasteiger partial charge in [0.2, 0.25) is 0 Å². The first-order valence-corrected chi connectivity index (χ1v) is 4.74. The van der Waals surface area contributed by atoms with Crippen molar-refractivity contribution in [1.29, 1.82) is 0 Å². The highest BCUT2D eigenvalue weighted by molar-refractivity contribution is 5.04. The van der Waals surface area contributed by atoms with Gasteiger partial charge in [0.1, 0.15) is 17.8 Å². The molecule has 5 unspecified atom stereocenters. The molecule has 4 nitrogen and oxygen atoms in total. The summed E-state index contributed by atoms with van der Waals surface area (Å²) in [6.07, 6.45) is 0.152. The molecule has 74 valence electrons. The normalized spacial score (nSPS) is 59.5. The molecule has 0 aromatic rings. The highest BCUT2D eigenvalue weighted by Gasteiger charge is 2.60. The molecule has 0 N–H and O–H groups in total. The van der Waals surface area contributed by atoms with Crippen LogP contribution in [0.1, 0.15) is 13.8 Å². The number of hydrogen-bond acceptors (Lipinski definition) is 4. The number of fused-ring (bicyclic) bond motifs is 1. The van der Waals surface area contributed by atoms with E-state index < -0.39 is 0 Å². The van der Waals surface area contributed by atoms with E-state index in [9.17, 15) is 0 Å². The zero-order chi connectivity index (χ0) is 9.05. The van der Waals surface area contributed by atoms with Crippen LogP contribution in [0.15, 0.2) is 0 Å². The third-order valence-corrected chi connectivity index (χ3v) is 3.50. The Morgan fingerprint density at radius 2 is 2.00 bits per heavy atom. The zero-order valence-corrected chi connectivity index (χ0v) is 7.86. The Morgan fingerprint density at radius 1 is 1.23 bits per heavy atom. The molecule has 5 atom stereocenters. The van der Waals surface area contributed by atoms with E-state index in [-0.39, 0.29) is 24.1 Å². The summed E-state index contributed by atoms with van der Waals surface area (Å²) in [5, 5.41) is 0. The molecule has 0 aliphatic carbocycles. The first kappa shape index (κ1) is 8.17. The summed E-state index contributed by atoms with van der Waals surface area (Å²) < 4.78 is 21.9. The van der Waals surface area contributed by atoms with Crippen molar-refractivity contribution in [2.45, 2.75) is 37.9 Å². The second kappa shape index (κ2) is 2.45. The Balaban J connectivity index is 1.85. The highest BCUT2D eigenvalue weighted by atomic mass is 16.8. The van der Waals surface area contributed by atoms with Gasteiger partial charge in [0, 0.05) is 5.92 Å². The van der Waals surface area contributed by atoms with Gasteiger partial charge in [-0.3, -0.25) is 0 Å². The molecule has 13 heavy (non-hydrogen) atoms. The molecule has 0 spiro atoms. The van der Waals surface area contributed by atoms with E-state index in [0.717, 1.165) is 6.61 Å². The van der Waals surface area contributed by atoms with Gasteiger partial charge in [0.05, 0.1) is 6.61 Å². The molecule has 4 heteroatoms. The van der Waals surface area contributed by atoms with Crippen molar-refractivity contribution < 1.29 is 18.9 Å². The molecule has 3 rings (SSSR count). The predicted octanol–water partition coefficient (Wildman–Crippen LogP) is 0.509. The van der Waals surface area contributed by atoms with Crippen LogP contribution in [-0.2, 0) is 18.9 Å². The fourth-order valence-electron chi connectivity index (χ4n) is 2.27. The fraction of sp³-hybridized carbons (Fsp3) is 1.00. The second-order valence-electron chi connectivity index (χ2n) is 4.20. The van der Waals surface area contributed by atoms with Gasteiger partial charge in [-0.05, 0) is 6.92 Å². The molecule has 0 saturated carbocycles. The molecule has 3 fully saturated rings. The predicted molar refractivity (Wildman–Crippen MR) is 43.0 cm³/mol. The van der Waals surface area contributed by atoms with E-state index in [1.165, 1.54) is 0 Å². The molecule has 0 amide bonds. The summed E-state index contributed by atoms with van der Waals surface area (Å²) in [4.78, 5) is 0.